The van der Waals surface area contributed by atoms with E-state index < -0.39 is 24.8 Å². The summed E-state index contributed by atoms with van der Waals surface area (Å²) in [6.07, 6.45) is 2.62. The number of nitrogens with zero attached hydrogens (tertiary/aromatic N) is 3. The number of carbonyl (C=O) groups excluding carboxylic acids is 1. The van der Waals surface area contributed by atoms with Crippen molar-refractivity contribution in [2.45, 2.75) is 19.6 Å². The molecule has 0 aliphatic heterocycles. The molecule has 3 aromatic rings. The van der Waals surface area contributed by atoms with Crippen molar-refractivity contribution < 1.29 is 18.4 Å². The number of amides is 1. The minimum atomic E-state index is -3.78. The van der Waals surface area contributed by atoms with Gasteiger partial charge in [0.1, 0.15) is 11.3 Å². The summed E-state index contributed by atoms with van der Waals surface area (Å²) < 4.78 is 24.3. The average Bonchev–Trinajstić information content (AvgIpc) is 2.78. The molecule has 0 fully saturated rings. The highest BCUT2D eigenvalue weighted by molar-refractivity contribution is 7.54. The Morgan fingerprint density at radius 3 is 2.42 bits per heavy atom. The first-order chi connectivity index (χ1) is 15.0. The molecule has 2 heterocycles. The molecule has 1 aromatic carbocycles. The van der Waals surface area contributed by atoms with Crippen LogP contribution in [0.15, 0.2) is 59.7 Å². The first-order valence-electron chi connectivity index (χ1n) is 9.60. The molecule has 31 heavy (non-hydrogen) atoms. The van der Waals surface area contributed by atoms with Gasteiger partial charge in [0, 0.05) is 12.4 Å². The number of nitrogens with one attached hydrogen (secondary N) is 2. The van der Waals surface area contributed by atoms with Crippen molar-refractivity contribution in [3.05, 3.63) is 76.3 Å². The number of aromatic nitrogens is 4. The second-order valence-electron chi connectivity index (χ2n) is 6.25. The van der Waals surface area contributed by atoms with Gasteiger partial charge in [-0.3, -0.25) is 14.2 Å². The maximum atomic E-state index is 13.4. The molecule has 3 rings (SSSR count). The van der Waals surface area contributed by atoms with Gasteiger partial charge in [-0.1, -0.05) is 30.3 Å². The highest BCUT2D eigenvalue weighted by atomic mass is 31.2. The SMILES string of the molecule is CCOP(=O)(OCC)[C@H](NC(=O)c1cnc(-c2cccnn2)[nH]c1=O)c1ccccc1. The standard InChI is InChI=1S/C20H22N5O5P/c1-3-29-31(28,30-4-2)20(14-9-6-5-7-10-14)24-19(27)15-13-21-17(23-18(15)26)16-11-8-12-22-25-16/h5-13,20H,3-4H2,1-2H3,(H,24,27)(H,21,23,26)/t20-/m0/s1. The van der Waals surface area contributed by atoms with Crippen LogP contribution < -0.4 is 10.9 Å². The number of aromatic amines is 1. The minimum Gasteiger partial charge on any atom is -0.334 e. The van der Waals surface area contributed by atoms with Gasteiger partial charge in [0.05, 0.1) is 13.2 Å². The Labute approximate surface area is 178 Å². The fraction of sp³-hybridized carbons (Fsp3) is 0.250. The molecule has 2 N–H and O–H groups in total. The first kappa shape index (κ1) is 22.5. The largest absolute Gasteiger partial charge is 0.357 e. The minimum absolute atomic E-state index is 0.116. The van der Waals surface area contributed by atoms with E-state index >= 15 is 0 Å². The van der Waals surface area contributed by atoms with E-state index in [1.807, 2.05) is 0 Å². The Morgan fingerprint density at radius 1 is 1.13 bits per heavy atom. The molecule has 0 saturated heterocycles. The van der Waals surface area contributed by atoms with Crippen LogP contribution in [0.4, 0.5) is 0 Å². The third-order valence-corrected chi connectivity index (χ3v) is 6.47. The van der Waals surface area contributed by atoms with Gasteiger partial charge in [-0.2, -0.15) is 5.10 Å². The second-order valence-corrected chi connectivity index (χ2v) is 8.36. The van der Waals surface area contributed by atoms with Crippen molar-refractivity contribution in [2.24, 2.45) is 0 Å². The van der Waals surface area contributed by atoms with Crippen molar-refractivity contribution in [1.29, 1.82) is 0 Å². The van der Waals surface area contributed by atoms with E-state index in [9.17, 15) is 14.2 Å². The average molecular weight is 443 g/mol. The van der Waals surface area contributed by atoms with Crippen molar-refractivity contribution in [1.82, 2.24) is 25.5 Å². The van der Waals surface area contributed by atoms with Gasteiger partial charge in [-0.05, 0) is 31.5 Å². The van der Waals surface area contributed by atoms with Crippen LogP contribution in [0.25, 0.3) is 11.5 Å². The molecule has 10 nitrogen and oxygen atoms in total. The van der Waals surface area contributed by atoms with Crippen LogP contribution in [0, 0.1) is 0 Å². The smallest absolute Gasteiger partial charge is 0.334 e. The van der Waals surface area contributed by atoms with Gasteiger partial charge in [-0.15, -0.1) is 5.10 Å². The van der Waals surface area contributed by atoms with Crippen LogP contribution in [-0.2, 0) is 13.6 Å². The van der Waals surface area contributed by atoms with E-state index in [4.69, 9.17) is 9.05 Å². The van der Waals surface area contributed by atoms with Crippen molar-refractivity contribution in [3.8, 4) is 11.5 Å². The summed E-state index contributed by atoms with van der Waals surface area (Å²) in [5.41, 5.74) is -0.0664. The summed E-state index contributed by atoms with van der Waals surface area (Å²) >= 11 is 0. The first-order valence-corrected chi connectivity index (χ1v) is 11.2. The van der Waals surface area contributed by atoms with E-state index in [0.717, 1.165) is 6.20 Å². The van der Waals surface area contributed by atoms with Gasteiger partial charge in [0.25, 0.3) is 11.5 Å². The highest BCUT2D eigenvalue weighted by Gasteiger charge is 2.38. The number of rotatable bonds is 9. The quantitative estimate of drug-likeness (QED) is 0.482. The summed E-state index contributed by atoms with van der Waals surface area (Å²) in [7, 11) is -3.78. The number of benzene rings is 1. The summed E-state index contributed by atoms with van der Waals surface area (Å²) in [6, 6.07) is 11.9. The molecule has 0 bridgehead atoms. The Hall–Kier alpha value is -3.20. The van der Waals surface area contributed by atoms with Gasteiger partial charge in [0.15, 0.2) is 11.6 Å². The van der Waals surface area contributed by atoms with Crippen LogP contribution in [0.2, 0.25) is 0 Å². The molecule has 0 unspecified atom stereocenters. The molecule has 11 heteroatoms. The zero-order chi connectivity index (χ0) is 22.3. The number of hydrogen-bond donors (Lipinski definition) is 2. The topological polar surface area (TPSA) is 136 Å². The van der Waals surface area contributed by atoms with Crippen molar-refractivity contribution >= 4 is 13.5 Å². The van der Waals surface area contributed by atoms with Crippen LogP contribution in [-0.4, -0.2) is 39.3 Å². The summed E-state index contributed by atoms with van der Waals surface area (Å²) in [4.78, 5) is 32.1. The Kier molecular flexibility index (Phi) is 7.41. The normalized spacial score (nSPS) is 12.3. The molecule has 0 radical (unpaired) electrons. The summed E-state index contributed by atoms with van der Waals surface area (Å²) in [5, 5.41) is 10.2. The van der Waals surface area contributed by atoms with E-state index in [2.05, 4.69) is 25.5 Å². The lowest BCUT2D eigenvalue weighted by Gasteiger charge is -2.27. The Balaban J connectivity index is 1.94. The van der Waals surface area contributed by atoms with E-state index in [0.29, 0.717) is 11.3 Å². The fourth-order valence-corrected chi connectivity index (χ4v) is 4.75. The van der Waals surface area contributed by atoms with Gasteiger partial charge in [-0.25, -0.2) is 4.98 Å². The molecule has 0 saturated carbocycles. The highest BCUT2D eigenvalue weighted by Crippen LogP contribution is 2.59. The maximum absolute atomic E-state index is 13.4. The fourth-order valence-electron chi connectivity index (χ4n) is 2.84. The zero-order valence-corrected chi connectivity index (χ0v) is 17.9. The van der Waals surface area contributed by atoms with Gasteiger partial charge in [0.2, 0.25) is 0 Å². The molecule has 0 aliphatic carbocycles. The Morgan fingerprint density at radius 2 is 1.84 bits per heavy atom. The molecule has 1 atom stereocenters. The van der Waals surface area contributed by atoms with E-state index in [-0.39, 0.29) is 24.6 Å². The molecule has 0 spiro atoms. The van der Waals surface area contributed by atoms with E-state index in [1.54, 1.807) is 56.3 Å². The predicted molar refractivity (Wildman–Crippen MR) is 113 cm³/mol. The van der Waals surface area contributed by atoms with Crippen LogP contribution in [0.5, 0.6) is 0 Å². The van der Waals surface area contributed by atoms with Crippen molar-refractivity contribution in [2.75, 3.05) is 13.2 Å². The van der Waals surface area contributed by atoms with Crippen molar-refractivity contribution in [3.63, 3.8) is 0 Å². The molecule has 162 valence electrons. The third-order valence-electron chi connectivity index (χ3n) is 4.18. The lowest BCUT2D eigenvalue weighted by atomic mass is 10.2. The van der Waals surface area contributed by atoms with Crippen LogP contribution in [0.3, 0.4) is 0 Å². The lowest BCUT2D eigenvalue weighted by molar-refractivity contribution is 0.0935. The number of H-pyrrole nitrogens is 1. The van der Waals surface area contributed by atoms with Crippen LogP contribution >= 0.6 is 7.60 Å². The summed E-state index contributed by atoms with van der Waals surface area (Å²) in [5.74, 6) is -1.71. The number of hydrogen-bond acceptors (Lipinski definition) is 8. The van der Waals surface area contributed by atoms with Crippen LogP contribution in [0.1, 0.15) is 35.6 Å². The molecular weight excluding hydrogens is 421 g/mol. The lowest BCUT2D eigenvalue weighted by Crippen LogP contribution is -2.34. The van der Waals surface area contributed by atoms with Gasteiger partial charge < -0.3 is 19.3 Å². The zero-order valence-electron chi connectivity index (χ0n) is 17.0. The second kappa shape index (κ2) is 10.2. The number of carbonyl (C=O) groups is 1. The maximum Gasteiger partial charge on any atom is 0.357 e. The molecule has 0 aliphatic rings. The van der Waals surface area contributed by atoms with E-state index in [1.165, 1.54) is 6.20 Å². The predicted octanol–water partition coefficient (Wildman–Crippen LogP) is 2.92. The summed E-state index contributed by atoms with van der Waals surface area (Å²) in [6.45, 7) is 3.58. The third kappa shape index (κ3) is 5.29. The van der Waals surface area contributed by atoms with Gasteiger partial charge >= 0.3 is 7.60 Å². The molecule has 1 amide bonds. The monoisotopic (exact) mass is 443 g/mol. The molecule has 2 aromatic heterocycles. The molecular formula is C20H22N5O5P. The Bertz CT molecular complexity index is 1110.